The highest BCUT2D eigenvalue weighted by Crippen LogP contribution is 2.35. The lowest BCUT2D eigenvalue weighted by Crippen LogP contribution is -2.48. The van der Waals surface area contributed by atoms with E-state index in [0.717, 1.165) is 11.3 Å². The van der Waals surface area contributed by atoms with Gasteiger partial charge in [-0.3, -0.25) is 14.6 Å². The Bertz CT molecular complexity index is 733. The van der Waals surface area contributed by atoms with Crippen LogP contribution in [0.3, 0.4) is 0 Å². The second-order valence-electron chi connectivity index (χ2n) is 6.55. The normalized spacial score (nSPS) is 19.9. The van der Waals surface area contributed by atoms with Gasteiger partial charge >= 0.3 is 0 Å². The fourth-order valence-electron chi connectivity index (χ4n) is 3.35. The van der Waals surface area contributed by atoms with Gasteiger partial charge in [-0.05, 0) is 30.5 Å². The number of carbonyl (C=O) groups excluding carboxylic acids is 2. The number of hydrogen-bond donors (Lipinski definition) is 1. The van der Waals surface area contributed by atoms with E-state index in [-0.39, 0.29) is 11.8 Å². The summed E-state index contributed by atoms with van der Waals surface area (Å²) in [7, 11) is 1.76. The number of amides is 2. The highest BCUT2D eigenvalue weighted by atomic mass is 16.2. The summed E-state index contributed by atoms with van der Waals surface area (Å²) in [4.78, 5) is 31.6. The van der Waals surface area contributed by atoms with Crippen molar-refractivity contribution in [1.29, 1.82) is 0 Å². The van der Waals surface area contributed by atoms with Crippen LogP contribution in [0.4, 0.5) is 0 Å². The van der Waals surface area contributed by atoms with E-state index in [2.05, 4.69) is 10.3 Å². The van der Waals surface area contributed by atoms with E-state index >= 15 is 0 Å². The molecule has 0 bridgehead atoms. The summed E-state index contributed by atoms with van der Waals surface area (Å²) >= 11 is 0. The smallest absolute Gasteiger partial charge is 0.238 e. The second kappa shape index (κ2) is 7.47. The molecule has 0 aliphatic carbocycles. The molecule has 5 heteroatoms. The van der Waals surface area contributed by atoms with E-state index < -0.39 is 5.41 Å². The minimum Gasteiger partial charge on any atom is -0.355 e. The van der Waals surface area contributed by atoms with Crippen LogP contribution >= 0.6 is 0 Å². The molecule has 1 aliphatic rings. The first-order valence-electron chi connectivity index (χ1n) is 8.59. The first kappa shape index (κ1) is 17.1. The molecule has 1 saturated heterocycles. The Morgan fingerprint density at radius 2 is 1.96 bits per heavy atom. The van der Waals surface area contributed by atoms with Crippen LogP contribution in [-0.4, -0.2) is 41.8 Å². The number of nitrogens with one attached hydrogen (secondary N) is 1. The number of carbonyl (C=O) groups is 2. The molecule has 1 aromatic carbocycles. The molecule has 2 amide bonds. The topological polar surface area (TPSA) is 62.3 Å². The molecular formula is C20H23N3O2. The Kier molecular flexibility index (Phi) is 5.12. The highest BCUT2D eigenvalue weighted by Gasteiger charge is 2.51. The first-order valence-corrected chi connectivity index (χ1v) is 8.59. The molecule has 1 N–H and O–H groups in total. The Morgan fingerprint density at radius 3 is 2.60 bits per heavy atom. The number of rotatable bonds is 6. The predicted octanol–water partition coefficient (Wildman–Crippen LogP) is 1.83. The van der Waals surface area contributed by atoms with Crippen molar-refractivity contribution in [3.63, 3.8) is 0 Å². The van der Waals surface area contributed by atoms with E-state index in [0.29, 0.717) is 32.4 Å². The maximum atomic E-state index is 12.9. The Labute approximate surface area is 148 Å². The van der Waals surface area contributed by atoms with Crippen molar-refractivity contribution in [2.24, 2.45) is 5.41 Å². The third-order valence-corrected chi connectivity index (χ3v) is 4.81. The molecule has 3 rings (SSSR count). The molecule has 0 saturated carbocycles. The molecule has 1 aliphatic heterocycles. The predicted molar refractivity (Wildman–Crippen MR) is 95.8 cm³/mol. The van der Waals surface area contributed by atoms with Gasteiger partial charge in [-0.1, -0.05) is 36.4 Å². The van der Waals surface area contributed by atoms with Gasteiger partial charge in [0.1, 0.15) is 5.41 Å². The molecule has 1 atom stereocenters. The lowest BCUT2D eigenvalue weighted by molar-refractivity contribution is -0.144. The van der Waals surface area contributed by atoms with Crippen LogP contribution < -0.4 is 5.32 Å². The van der Waals surface area contributed by atoms with Crippen molar-refractivity contribution < 1.29 is 9.59 Å². The third kappa shape index (κ3) is 3.71. The number of nitrogens with zero attached hydrogens (tertiary/aromatic N) is 2. The van der Waals surface area contributed by atoms with Crippen molar-refractivity contribution in [2.75, 3.05) is 20.1 Å². The van der Waals surface area contributed by atoms with Crippen molar-refractivity contribution in [2.45, 2.75) is 19.3 Å². The van der Waals surface area contributed by atoms with Crippen molar-refractivity contribution in [1.82, 2.24) is 15.2 Å². The average Bonchev–Trinajstić information content (AvgIpc) is 2.93. The fraction of sp³-hybridized carbons (Fsp3) is 0.350. The van der Waals surface area contributed by atoms with Gasteiger partial charge in [-0.25, -0.2) is 0 Å². The van der Waals surface area contributed by atoms with Crippen LogP contribution in [0, 0.1) is 5.41 Å². The van der Waals surface area contributed by atoms with Crippen LogP contribution in [0.5, 0.6) is 0 Å². The molecule has 5 nitrogen and oxygen atoms in total. The van der Waals surface area contributed by atoms with Crippen LogP contribution in [0.2, 0.25) is 0 Å². The van der Waals surface area contributed by atoms with E-state index in [4.69, 9.17) is 0 Å². The summed E-state index contributed by atoms with van der Waals surface area (Å²) in [5, 5.41) is 2.96. The van der Waals surface area contributed by atoms with Gasteiger partial charge in [0.05, 0.1) is 0 Å². The molecule has 1 unspecified atom stereocenters. The van der Waals surface area contributed by atoms with Gasteiger partial charge in [-0.2, -0.15) is 0 Å². The van der Waals surface area contributed by atoms with Crippen LogP contribution in [-0.2, 0) is 22.4 Å². The highest BCUT2D eigenvalue weighted by molar-refractivity contribution is 6.06. The SMILES string of the molecule is CN1CCC(Cc2ccccc2)(C(=O)NCCc2ccccn2)C1=O. The zero-order chi connectivity index (χ0) is 17.7. The van der Waals surface area contributed by atoms with Crippen LogP contribution in [0.15, 0.2) is 54.7 Å². The monoisotopic (exact) mass is 337 g/mol. The summed E-state index contributed by atoms with van der Waals surface area (Å²) in [6, 6.07) is 15.5. The summed E-state index contributed by atoms with van der Waals surface area (Å²) in [6.45, 7) is 1.09. The Balaban J connectivity index is 1.71. The van der Waals surface area contributed by atoms with E-state index in [1.807, 2.05) is 48.5 Å². The third-order valence-electron chi connectivity index (χ3n) is 4.81. The Morgan fingerprint density at radius 1 is 1.20 bits per heavy atom. The minimum absolute atomic E-state index is 0.0910. The van der Waals surface area contributed by atoms with Gasteiger partial charge in [-0.15, -0.1) is 0 Å². The van der Waals surface area contributed by atoms with Crippen molar-refractivity contribution in [3.05, 3.63) is 66.0 Å². The van der Waals surface area contributed by atoms with E-state index in [9.17, 15) is 9.59 Å². The summed E-state index contributed by atoms with van der Waals surface area (Å²) < 4.78 is 0. The number of benzene rings is 1. The van der Waals surface area contributed by atoms with E-state index in [1.54, 1.807) is 18.1 Å². The number of hydrogen-bond acceptors (Lipinski definition) is 3. The molecule has 0 spiro atoms. The molecule has 130 valence electrons. The zero-order valence-electron chi connectivity index (χ0n) is 14.4. The number of pyridine rings is 1. The number of aromatic nitrogens is 1. The van der Waals surface area contributed by atoms with Crippen molar-refractivity contribution in [3.8, 4) is 0 Å². The lowest BCUT2D eigenvalue weighted by atomic mass is 9.79. The van der Waals surface area contributed by atoms with Gasteiger partial charge in [0.25, 0.3) is 0 Å². The zero-order valence-corrected chi connectivity index (χ0v) is 14.4. The van der Waals surface area contributed by atoms with Crippen LogP contribution in [0.25, 0.3) is 0 Å². The fourth-order valence-corrected chi connectivity index (χ4v) is 3.35. The van der Waals surface area contributed by atoms with E-state index in [1.165, 1.54) is 0 Å². The minimum atomic E-state index is -1.000. The number of likely N-dealkylation sites (tertiary alicyclic amines) is 1. The molecule has 25 heavy (non-hydrogen) atoms. The van der Waals surface area contributed by atoms with Gasteiger partial charge in [0, 0.05) is 38.4 Å². The summed E-state index contributed by atoms with van der Waals surface area (Å²) in [5.41, 5.74) is 0.932. The summed E-state index contributed by atoms with van der Waals surface area (Å²) in [5.74, 6) is -0.270. The van der Waals surface area contributed by atoms with Gasteiger partial charge in [0.2, 0.25) is 11.8 Å². The van der Waals surface area contributed by atoms with Gasteiger partial charge < -0.3 is 10.2 Å². The second-order valence-corrected chi connectivity index (χ2v) is 6.55. The molecule has 2 aromatic rings. The lowest BCUT2D eigenvalue weighted by Gasteiger charge is -2.26. The average molecular weight is 337 g/mol. The quantitative estimate of drug-likeness (QED) is 0.818. The first-order chi connectivity index (χ1) is 12.1. The van der Waals surface area contributed by atoms with Crippen LogP contribution in [0.1, 0.15) is 17.7 Å². The maximum Gasteiger partial charge on any atom is 0.238 e. The standard InChI is InChI=1S/C20H23N3O2/c1-23-14-11-20(19(23)25,15-16-7-3-2-4-8-16)18(24)22-13-10-17-9-5-6-12-21-17/h2-9,12H,10-11,13-15H2,1H3,(H,22,24). The molecule has 1 fully saturated rings. The summed E-state index contributed by atoms with van der Waals surface area (Å²) in [6.07, 6.45) is 3.38. The molecule has 1 aromatic heterocycles. The van der Waals surface area contributed by atoms with Crippen molar-refractivity contribution >= 4 is 11.8 Å². The molecular weight excluding hydrogens is 314 g/mol. The molecule has 2 heterocycles. The maximum absolute atomic E-state index is 12.9. The molecule has 0 radical (unpaired) electrons. The van der Waals surface area contributed by atoms with Gasteiger partial charge in [0.15, 0.2) is 0 Å². The Hall–Kier alpha value is -2.69. The largest absolute Gasteiger partial charge is 0.355 e.